The molecule has 0 saturated carbocycles. The van der Waals surface area contributed by atoms with E-state index in [-0.39, 0.29) is 6.04 Å². The van der Waals surface area contributed by atoms with Gasteiger partial charge in [-0.25, -0.2) is 0 Å². The van der Waals surface area contributed by atoms with Gasteiger partial charge >= 0.3 is 0 Å². The molecule has 2 aromatic carbocycles. The summed E-state index contributed by atoms with van der Waals surface area (Å²) < 4.78 is 5.88. The van der Waals surface area contributed by atoms with E-state index in [1.807, 2.05) is 51.1 Å². The van der Waals surface area contributed by atoms with Crippen LogP contribution in [0.4, 0.5) is 0 Å². The Bertz CT molecular complexity index is 593. The molecule has 0 fully saturated rings. The molecule has 19 heavy (non-hydrogen) atoms. The van der Waals surface area contributed by atoms with Gasteiger partial charge in [0.2, 0.25) is 0 Å². The fourth-order valence-corrected chi connectivity index (χ4v) is 2.05. The van der Waals surface area contributed by atoms with Crippen LogP contribution in [0.15, 0.2) is 36.4 Å². The highest BCUT2D eigenvalue weighted by Crippen LogP contribution is 2.33. The second-order valence-corrected chi connectivity index (χ2v) is 5.26. The topological polar surface area (TPSA) is 35.2 Å². The standard InChI is InChI=1S/C16H18ClNO/c1-10-4-5-11(2)16(8-10)19-15-7-6-13(12(3)18)9-14(15)17/h4-9,12H,18H2,1-3H3/t12-/m0/s1. The number of hydrogen-bond acceptors (Lipinski definition) is 2. The van der Waals surface area contributed by atoms with Gasteiger partial charge in [-0.05, 0) is 55.7 Å². The quantitative estimate of drug-likeness (QED) is 0.876. The monoisotopic (exact) mass is 275 g/mol. The summed E-state index contributed by atoms with van der Waals surface area (Å²) >= 11 is 6.23. The van der Waals surface area contributed by atoms with Gasteiger partial charge in [-0.2, -0.15) is 0 Å². The average molecular weight is 276 g/mol. The van der Waals surface area contributed by atoms with Gasteiger partial charge in [0, 0.05) is 6.04 Å². The minimum Gasteiger partial charge on any atom is -0.456 e. The maximum absolute atomic E-state index is 6.23. The van der Waals surface area contributed by atoms with Crippen LogP contribution >= 0.6 is 11.6 Å². The molecule has 0 aromatic heterocycles. The summed E-state index contributed by atoms with van der Waals surface area (Å²) in [6, 6.07) is 11.7. The van der Waals surface area contributed by atoms with Crippen molar-refractivity contribution < 1.29 is 4.74 Å². The van der Waals surface area contributed by atoms with Crippen LogP contribution in [-0.4, -0.2) is 0 Å². The third-order valence-corrected chi connectivity index (χ3v) is 3.34. The average Bonchev–Trinajstić information content (AvgIpc) is 2.36. The lowest BCUT2D eigenvalue weighted by atomic mass is 10.1. The lowest BCUT2D eigenvalue weighted by molar-refractivity contribution is 0.478. The summed E-state index contributed by atoms with van der Waals surface area (Å²) in [6.07, 6.45) is 0. The molecule has 0 aliphatic heterocycles. The zero-order chi connectivity index (χ0) is 14.0. The predicted octanol–water partition coefficient (Wildman–Crippen LogP) is 4.77. The number of benzene rings is 2. The molecule has 2 N–H and O–H groups in total. The summed E-state index contributed by atoms with van der Waals surface area (Å²) in [4.78, 5) is 0. The van der Waals surface area contributed by atoms with Crippen molar-refractivity contribution in [1.82, 2.24) is 0 Å². The third-order valence-electron chi connectivity index (χ3n) is 3.05. The van der Waals surface area contributed by atoms with Crippen LogP contribution in [0.1, 0.15) is 29.7 Å². The van der Waals surface area contributed by atoms with Gasteiger partial charge < -0.3 is 10.5 Å². The SMILES string of the molecule is Cc1ccc(C)c(Oc2ccc([C@H](C)N)cc2Cl)c1. The van der Waals surface area contributed by atoms with Crippen LogP contribution < -0.4 is 10.5 Å². The van der Waals surface area contributed by atoms with Crippen LogP contribution in [0.3, 0.4) is 0 Å². The van der Waals surface area contributed by atoms with E-state index < -0.39 is 0 Å². The molecular weight excluding hydrogens is 258 g/mol. The summed E-state index contributed by atoms with van der Waals surface area (Å²) in [5.41, 5.74) is 9.07. The Kier molecular flexibility index (Phi) is 4.13. The summed E-state index contributed by atoms with van der Waals surface area (Å²) in [6.45, 7) is 5.98. The lowest BCUT2D eigenvalue weighted by Gasteiger charge is -2.13. The molecule has 3 heteroatoms. The maximum atomic E-state index is 6.23. The molecule has 0 aliphatic carbocycles. The smallest absolute Gasteiger partial charge is 0.146 e. The molecule has 0 bridgehead atoms. The first kappa shape index (κ1) is 13.9. The highest BCUT2D eigenvalue weighted by molar-refractivity contribution is 6.32. The normalized spacial score (nSPS) is 12.3. The molecular formula is C16H18ClNO. The van der Waals surface area contributed by atoms with E-state index in [1.54, 1.807) is 0 Å². The molecule has 0 spiro atoms. The van der Waals surface area contributed by atoms with Gasteiger partial charge in [-0.3, -0.25) is 0 Å². The summed E-state index contributed by atoms with van der Waals surface area (Å²) in [5, 5.41) is 0.579. The molecule has 2 aromatic rings. The van der Waals surface area contributed by atoms with Gasteiger partial charge in [0.05, 0.1) is 5.02 Å². The predicted molar refractivity (Wildman–Crippen MR) is 80.0 cm³/mol. The van der Waals surface area contributed by atoms with E-state index in [2.05, 4.69) is 6.07 Å². The molecule has 2 nitrogen and oxygen atoms in total. The van der Waals surface area contributed by atoms with Crippen molar-refractivity contribution in [2.24, 2.45) is 5.73 Å². The number of nitrogens with two attached hydrogens (primary N) is 1. The molecule has 0 heterocycles. The van der Waals surface area contributed by atoms with Crippen LogP contribution in [0.2, 0.25) is 5.02 Å². The second-order valence-electron chi connectivity index (χ2n) is 4.85. The van der Waals surface area contributed by atoms with Crippen molar-refractivity contribution in [3.63, 3.8) is 0 Å². The molecule has 0 aliphatic rings. The highest BCUT2D eigenvalue weighted by Gasteiger charge is 2.08. The Morgan fingerprint density at radius 1 is 1.05 bits per heavy atom. The van der Waals surface area contributed by atoms with Crippen molar-refractivity contribution in [2.75, 3.05) is 0 Å². The number of ether oxygens (including phenoxy) is 1. The van der Waals surface area contributed by atoms with Gasteiger partial charge in [0.1, 0.15) is 11.5 Å². The van der Waals surface area contributed by atoms with Crippen LogP contribution in [-0.2, 0) is 0 Å². The van der Waals surface area contributed by atoms with E-state index in [0.717, 1.165) is 22.4 Å². The van der Waals surface area contributed by atoms with E-state index in [0.29, 0.717) is 10.8 Å². The van der Waals surface area contributed by atoms with Crippen molar-refractivity contribution in [1.29, 1.82) is 0 Å². The van der Waals surface area contributed by atoms with Crippen molar-refractivity contribution in [3.8, 4) is 11.5 Å². The lowest BCUT2D eigenvalue weighted by Crippen LogP contribution is -2.04. The largest absolute Gasteiger partial charge is 0.456 e. The zero-order valence-electron chi connectivity index (χ0n) is 11.4. The van der Waals surface area contributed by atoms with Crippen molar-refractivity contribution in [3.05, 3.63) is 58.1 Å². The van der Waals surface area contributed by atoms with Crippen molar-refractivity contribution >= 4 is 11.6 Å². The van der Waals surface area contributed by atoms with Gasteiger partial charge in [0.25, 0.3) is 0 Å². The Balaban J connectivity index is 2.31. The molecule has 0 saturated heterocycles. The molecule has 100 valence electrons. The number of rotatable bonds is 3. The van der Waals surface area contributed by atoms with Crippen LogP contribution in [0.5, 0.6) is 11.5 Å². The van der Waals surface area contributed by atoms with E-state index in [9.17, 15) is 0 Å². The summed E-state index contributed by atoms with van der Waals surface area (Å²) in [7, 11) is 0. The molecule has 1 atom stereocenters. The van der Waals surface area contributed by atoms with Gasteiger partial charge in [0.15, 0.2) is 0 Å². The van der Waals surface area contributed by atoms with Crippen LogP contribution in [0.25, 0.3) is 0 Å². The third kappa shape index (κ3) is 3.28. The Morgan fingerprint density at radius 3 is 2.42 bits per heavy atom. The first-order chi connectivity index (χ1) is 8.97. The molecule has 0 radical (unpaired) electrons. The molecule has 0 amide bonds. The van der Waals surface area contributed by atoms with Gasteiger partial charge in [-0.15, -0.1) is 0 Å². The fraction of sp³-hybridized carbons (Fsp3) is 0.250. The van der Waals surface area contributed by atoms with Crippen molar-refractivity contribution in [2.45, 2.75) is 26.8 Å². The Morgan fingerprint density at radius 2 is 1.79 bits per heavy atom. The molecule has 0 unspecified atom stereocenters. The van der Waals surface area contributed by atoms with Gasteiger partial charge in [-0.1, -0.05) is 29.8 Å². The molecule has 2 rings (SSSR count). The summed E-state index contributed by atoms with van der Waals surface area (Å²) in [5.74, 6) is 1.48. The maximum Gasteiger partial charge on any atom is 0.146 e. The first-order valence-electron chi connectivity index (χ1n) is 6.27. The Labute approximate surface area is 119 Å². The zero-order valence-corrected chi connectivity index (χ0v) is 12.2. The first-order valence-corrected chi connectivity index (χ1v) is 6.65. The number of halogens is 1. The van der Waals surface area contributed by atoms with E-state index >= 15 is 0 Å². The highest BCUT2D eigenvalue weighted by atomic mass is 35.5. The second kappa shape index (κ2) is 5.64. The number of hydrogen-bond donors (Lipinski definition) is 1. The van der Waals surface area contributed by atoms with E-state index in [1.165, 1.54) is 0 Å². The number of aryl methyl sites for hydroxylation is 2. The fourth-order valence-electron chi connectivity index (χ4n) is 1.82. The van der Waals surface area contributed by atoms with E-state index in [4.69, 9.17) is 22.1 Å². The minimum atomic E-state index is -0.0349. The minimum absolute atomic E-state index is 0.0349. The van der Waals surface area contributed by atoms with Crippen LogP contribution in [0, 0.1) is 13.8 Å². The Hall–Kier alpha value is -1.51.